The van der Waals surface area contributed by atoms with Crippen LogP contribution in [0, 0.1) is 11.3 Å². The van der Waals surface area contributed by atoms with E-state index in [9.17, 15) is 5.11 Å². The first kappa shape index (κ1) is 9.32. The summed E-state index contributed by atoms with van der Waals surface area (Å²) in [4.78, 5) is 0. The maximum Gasteiger partial charge on any atom is 0.124 e. The van der Waals surface area contributed by atoms with E-state index in [4.69, 9.17) is 21.6 Å². The predicted molar refractivity (Wildman–Crippen MR) is 51.3 cm³/mol. The molecule has 1 aliphatic heterocycles. The van der Waals surface area contributed by atoms with Crippen molar-refractivity contribution < 1.29 is 9.84 Å². The first-order valence-corrected chi connectivity index (χ1v) is 4.63. The van der Waals surface area contributed by atoms with Gasteiger partial charge < -0.3 is 9.84 Å². The number of benzene rings is 1. The van der Waals surface area contributed by atoms with Gasteiger partial charge in [0.05, 0.1) is 23.8 Å². The Bertz CT molecular complexity index is 422. The minimum atomic E-state index is -0.171. The van der Waals surface area contributed by atoms with Crippen LogP contribution in [0.3, 0.4) is 0 Å². The number of halogens is 1. The van der Waals surface area contributed by atoms with Gasteiger partial charge in [0, 0.05) is 23.6 Å². The summed E-state index contributed by atoms with van der Waals surface area (Å²) < 4.78 is 5.32. The molecule has 0 amide bonds. The summed E-state index contributed by atoms with van der Waals surface area (Å²) in [5.74, 6) is 0.693. The van der Waals surface area contributed by atoms with Crippen LogP contribution in [-0.2, 0) is 13.0 Å². The molecule has 1 aromatic carbocycles. The molecule has 0 atom stereocenters. The number of aliphatic hydroxyl groups is 1. The van der Waals surface area contributed by atoms with Crippen LogP contribution >= 0.6 is 11.6 Å². The van der Waals surface area contributed by atoms with Gasteiger partial charge in [0.1, 0.15) is 11.8 Å². The van der Waals surface area contributed by atoms with Crippen LogP contribution in [0.5, 0.6) is 5.75 Å². The molecule has 1 heterocycles. The Morgan fingerprint density at radius 1 is 1.64 bits per heavy atom. The Morgan fingerprint density at radius 2 is 2.43 bits per heavy atom. The highest BCUT2D eigenvalue weighted by Gasteiger charge is 2.21. The third-order valence-electron chi connectivity index (χ3n) is 2.34. The molecule has 0 unspecified atom stereocenters. The molecule has 2 rings (SSSR count). The lowest BCUT2D eigenvalue weighted by atomic mass is 10.0. The number of nitriles is 1. The monoisotopic (exact) mass is 209 g/mol. The number of aliphatic hydroxyl groups excluding tert-OH is 1. The van der Waals surface area contributed by atoms with Crippen LogP contribution in [0.2, 0.25) is 5.02 Å². The van der Waals surface area contributed by atoms with Crippen LogP contribution in [0.4, 0.5) is 0 Å². The molecule has 0 radical (unpaired) electrons. The summed E-state index contributed by atoms with van der Waals surface area (Å²) in [7, 11) is 0. The number of fused-ring (bicyclic) bond motifs is 1. The molecule has 14 heavy (non-hydrogen) atoms. The third kappa shape index (κ3) is 1.24. The SMILES string of the molecule is N#Cc1c(Cl)cc2c(c1CO)CCO2. The minimum absolute atomic E-state index is 0.171. The topological polar surface area (TPSA) is 53.2 Å². The predicted octanol–water partition coefficient (Wildman–Crippen LogP) is 1.64. The quantitative estimate of drug-likeness (QED) is 0.765. The summed E-state index contributed by atoms with van der Waals surface area (Å²) in [6, 6.07) is 3.64. The fourth-order valence-corrected chi connectivity index (χ4v) is 1.93. The Balaban J connectivity index is 2.70. The number of hydrogen-bond acceptors (Lipinski definition) is 3. The second-order valence-corrected chi connectivity index (χ2v) is 3.46. The van der Waals surface area contributed by atoms with E-state index in [1.54, 1.807) is 6.07 Å². The smallest absolute Gasteiger partial charge is 0.124 e. The zero-order valence-corrected chi connectivity index (χ0v) is 8.14. The molecule has 0 aromatic heterocycles. The van der Waals surface area contributed by atoms with Gasteiger partial charge in [-0.1, -0.05) is 11.6 Å². The van der Waals surface area contributed by atoms with Gasteiger partial charge in [-0.3, -0.25) is 0 Å². The lowest BCUT2D eigenvalue weighted by Gasteiger charge is -2.07. The molecule has 0 saturated carbocycles. The van der Waals surface area contributed by atoms with Gasteiger partial charge in [-0.05, 0) is 0 Å². The molecule has 3 nitrogen and oxygen atoms in total. The lowest BCUT2D eigenvalue weighted by Crippen LogP contribution is -1.96. The van der Waals surface area contributed by atoms with E-state index in [0.29, 0.717) is 28.5 Å². The number of rotatable bonds is 1. The van der Waals surface area contributed by atoms with E-state index in [1.165, 1.54) is 0 Å². The van der Waals surface area contributed by atoms with Gasteiger partial charge in [0.25, 0.3) is 0 Å². The van der Waals surface area contributed by atoms with Gasteiger partial charge in [-0.2, -0.15) is 5.26 Å². The van der Waals surface area contributed by atoms with Crippen LogP contribution in [0.25, 0.3) is 0 Å². The molecular formula is C10H8ClNO2. The van der Waals surface area contributed by atoms with Crippen LogP contribution in [0.15, 0.2) is 6.07 Å². The van der Waals surface area contributed by atoms with Crippen LogP contribution < -0.4 is 4.74 Å². The highest BCUT2D eigenvalue weighted by Crippen LogP contribution is 2.35. The van der Waals surface area contributed by atoms with Crippen molar-refractivity contribution >= 4 is 11.6 Å². The molecule has 0 saturated heterocycles. The molecule has 0 fully saturated rings. The zero-order chi connectivity index (χ0) is 10.1. The number of nitrogens with zero attached hydrogens (tertiary/aromatic N) is 1. The van der Waals surface area contributed by atoms with E-state index in [2.05, 4.69) is 0 Å². The Labute approximate surface area is 86.5 Å². The average molecular weight is 210 g/mol. The zero-order valence-electron chi connectivity index (χ0n) is 7.38. The fraction of sp³-hybridized carbons (Fsp3) is 0.300. The molecule has 4 heteroatoms. The van der Waals surface area contributed by atoms with Crippen molar-refractivity contribution in [1.29, 1.82) is 5.26 Å². The van der Waals surface area contributed by atoms with Gasteiger partial charge in [-0.15, -0.1) is 0 Å². The molecule has 1 aromatic rings. The lowest BCUT2D eigenvalue weighted by molar-refractivity contribution is 0.280. The molecule has 0 aliphatic carbocycles. The van der Waals surface area contributed by atoms with Gasteiger partial charge in [0.2, 0.25) is 0 Å². The van der Waals surface area contributed by atoms with E-state index in [-0.39, 0.29) is 6.61 Å². The average Bonchev–Trinajstić information content (AvgIpc) is 2.62. The Hall–Kier alpha value is -1.24. The van der Waals surface area contributed by atoms with Crippen molar-refractivity contribution in [3.63, 3.8) is 0 Å². The van der Waals surface area contributed by atoms with Gasteiger partial charge in [0.15, 0.2) is 0 Å². The first-order chi connectivity index (χ1) is 6.77. The number of ether oxygens (including phenoxy) is 1. The van der Waals surface area contributed by atoms with Crippen molar-refractivity contribution in [3.05, 3.63) is 27.8 Å². The largest absolute Gasteiger partial charge is 0.493 e. The summed E-state index contributed by atoms with van der Waals surface area (Å²) in [6.07, 6.45) is 0.733. The maximum absolute atomic E-state index is 9.17. The van der Waals surface area contributed by atoms with Crippen molar-refractivity contribution in [2.75, 3.05) is 6.61 Å². The van der Waals surface area contributed by atoms with Gasteiger partial charge >= 0.3 is 0 Å². The molecular weight excluding hydrogens is 202 g/mol. The second-order valence-electron chi connectivity index (χ2n) is 3.06. The van der Waals surface area contributed by atoms with E-state index < -0.39 is 0 Å². The molecule has 0 spiro atoms. The summed E-state index contributed by atoms with van der Waals surface area (Å²) in [6.45, 7) is 0.419. The van der Waals surface area contributed by atoms with Crippen molar-refractivity contribution in [3.8, 4) is 11.8 Å². The molecule has 1 aliphatic rings. The highest BCUT2D eigenvalue weighted by molar-refractivity contribution is 6.32. The van der Waals surface area contributed by atoms with Crippen LogP contribution in [-0.4, -0.2) is 11.7 Å². The van der Waals surface area contributed by atoms with Crippen molar-refractivity contribution in [1.82, 2.24) is 0 Å². The fourth-order valence-electron chi connectivity index (χ4n) is 1.68. The normalized spacial score (nSPS) is 13.2. The number of hydrogen-bond donors (Lipinski definition) is 1. The summed E-state index contributed by atoms with van der Waals surface area (Å²) in [5, 5.41) is 18.4. The Morgan fingerprint density at radius 3 is 3.07 bits per heavy atom. The van der Waals surface area contributed by atoms with Crippen molar-refractivity contribution in [2.24, 2.45) is 0 Å². The van der Waals surface area contributed by atoms with E-state index >= 15 is 0 Å². The van der Waals surface area contributed by atoms with E-state index in [0.717, 1.165) is 12.0 Å². The molecule has 0 bridgehead atoms. The third-order valence-corrected chi connectivity index (χ3v) is 2.64. The summed E-state index contributed by atoms with van der Waals surface area (Å²) >= 11 is 5.88. The van der Waals surface area contributed by atoms with Crippen LogP contribution in [0.1, 0.15) is 16.7 Å². The summed E-state index contributed by atoms with van der Waals surface area (Å²) in [5.41, 5.74) is 1.87. The van der Waals surface area contributed by atoms with Gasteiger partial charge in [-0.25, -0.2) is 0 Å². The van der Waals surface area contributed by atoms with Crippen molar-refractivity contribution in [2.45, 2.75) is 13.0 Å². The van der Waals surface area contributed by atoms with E-state index in [1.807, 2.05) is 6.07 Å². The Kier molecular flexibility index (Phi) is 2.32. The highest BCUT2D eigenvalue weighted by atomic mass is 35.5. The maximum atomic E-state index is 9.17. The second kappa shape index (κ2) is 3.49. The molecule has 72 valence electrons. The first-order valence-electron chi connectivity index (χ1n) is 4.26. The minimum Gasteiger partial charge on any atom is -0.493 e. The standard InChI is InChI=1S/C10H8ClNO2/c11-9-3-10-6(1-2-14-10)8(5-13)7(9)4-12/h3,13H,1-2,5H2. The molecule has 1 N–H and O–H groups in total.